The SMILES string of the molecule is CCc1ccs[c]1[Sn]([CH3])([CH3])[CH3]. The van der Waals surface area contributed by atoms with Gasteiger partial charge in [-0.2, -0.15) is 0 Å². The molecule has 1 aromatic heterocycles. The quantitative estimate of drug-likeness (QED) is 0.728. The van der Waals surface area contributed by atoms with Gasteiger partial charge in [0.05, 0.1) is 0 Å². The van der Waals surface area contributed by atoms with E-state index in [2.05, 4.69) is 33.2 Å². The van der Waals surface area contributed by atoms with E-state index in [1.807, 2.05) is 11.3 Å². The Morgan fingerprint density at radius 1 is 1.36 bits per heavy atom. The number of thiophene rings is 1. The van der Waals surface area contributed by atoms with Crippen LogP contribution in [0.5, 0.6) is 0 Å². The number of hydrogen-bond donors (Lipinski definition) is 0. The van der Waals surface area contributed by atoms with E-state index in [1.165, 1.54) is 6.42 Å². The summed E-state index contributed by atoms with van der Waals surface area (Å²) in [4.78, 5) is 7.46. The molecule has 62 valence electrons. The Bertz CT molecular complexity index is 232. The second kappa shape index (κ2) is 3.48. The molecule has 0 bridgehead atoms. The van der Waals surface area contributed by atoms with Crippen LogP contribution in [0.3, 0.4) is 0 Å². The standard InChI is InChI=1S/C6H7S.3CH3.Sn/c1-2-6-3-4-7-5-6;;;;/h3-4H,2H2,1H3;3*1H3;. The molecule has 0 nitrogen and oxygen atoms in total. The van der Waals surface area contributed by atoms with Crippen molar-refractivity contribution in [1.29, 1.82) is 0 Å². The predicted molar refractivity (Wildman–Crippen MR) is 56.7 cm³/mol. The minimum atomic E-state index is -1.72. The van der Waals surface area contributed by atoms with Gasteiger partial charge < -0.3 is 0 Å². The van der Waals surface area contributed by atoms with E-state index in [4.69, 9.17) is 0 Å². The van der Waals surface area contributed by atoms with Gasteiger partial charge >= 0.3 is 77.8 Å². The molecule has 0 atom stereocenters. The first kappa shape index (κ1) is 9.59. The molecule has 11 heavy (non-hydrogen) atoms. The molecular weight excluding hydrogens is 259 g/mol. The molecule has 0 radical (unpaired) electrons. The summed E-state index contributed by atoms with van der Waals surface area (Å²) >= 11 is 0.249. The number of aryl methyl sites for hydroxylation is 1. The van der Waals surface area contributed by atoms with Gasteiger partial charge in [-0.15, -0.1) is 0 Å². The summed E-state index contributed by atoms with van der Waals surface area (Å²) in [5, 5.41) is 2.25. The van der Waals surface area contributed by atoms with Gasteiger partial charge in [0.1, 0.15) is 0 Å². The summed E-state index contributed by atoms with van der Waals surface area (Å²) < 4.78 is 1.75. The predicted octanol–water partition coefficient (Wildman–Crippen LogP) is 2.86. The summed E-state index contributed by atoms with van der Waals surface area (Å²) in [5.74, 6) is 0. The fourth-order valence-electron chi connectivity index (χ4n) is 1.27. The van der Waals surface area contributed by atoms with Gasteiger partial charge in [0.15, 0.2) is 0 Å². The Morgan fingerprint density at radius 2 is 2.00 bits per heavy atom. The Labute approximate surface area is 77.5 Å². The average molecular weight is 275 g/mol. The van der Waals surface area contributed by atoms with Gasteiger partial charge in [-0.25, -0.2) is 0 Å². The van der Waals surface area contributed by atoms with Crippen LogP contribution in [0.15, 0.2) is 11.4 Å². The average Bonchev–Trinajstić information content (AvgIpc) is 2.31. The van der Waals surface area contributed by atoms with Crippen LogP contribution in [-0.4, -0.2) is 18.4 Å². The van der Waals surface area contributed by atoms with Crippen LogP contribution in [0.2, 0.25) is 14.8 Å². The molecule has 0 saturated carbocycles. The van der Waals surface area contributed by atoms with E-state index in [0.29, 0.717) is 0 Å². The van der Waals surface area contributed by atoms with Crippen molar-refractivity contribution in [2.75, 3.05) is 0 Å². The van der Waals surface area contributed by atoms with Crippen LogP contribution in [0.4, 0.5) is 0 Å². The summed E-state index contributed by atoms with van der Waals surface area (Å²) in [6.45, 7) is 2.25. The van der Waals surface area contributed by atoms with Crippen molar-refractivity contribution in [2.24, 2.45) is 0 Å². The zero-order valence-corrected chi connectivity index (χ0v) is 11.4. The van der Waals surface area contributed by atoms with Crippen LogP contribution >= 0.6 is 11.3 Å². The maximum absolute atomic E-state index is 2.49. The molecular formula is C9H16SSn. The van der Waals surface area contributed by atoms with Gasteiger partial charge in [0.25, 0.3) is 0 Å². The van der Waals surface area contributed by atoms with E-state index in [1.54, 1.807) is 8.46 Å². The van der Waals surface area contributed by atoms with Crippen LogP contribution < -0.4 is 2.89 Å². The third kappa shape index (κ3) is 2.22. The fourth-order valence-corrected chi connectivity index (χ4v) is 9.46. The van der Waals surface area contributed by atoms with Crippen LogP contribution in [0.1, 0.15) is 12.5 Å². The first-order valence-electron chi connectivity index (χ1n) is 4.12. The van der Waals surface area contributed by atoms with Crippen molar-refractivity contribution >= 4 is 32.6 Å². The molecule has 0 aliphatic heterocycles. The summed E-state index contributed by atoms with van der Waals surface area (Å²) in [7, 11) is 0. The first-order chi connectivity index (χ1) is 5.05. The van der Waals surface area contributed by atoms with Crippen LogP contribution in [0.25, 0.3) is 0 Å². The Balaban J connectivity index is 3.02. The Hall–Kier alpha value is 0.499. The van der Waals surface area contributed by atoms with Gasteiger partial charge in [0.2, 0.25) is 0 Å². The van der Waals surface area contributed by atoms with E-state index >= 15 is 0 Å². The Kier molecular flexibility index (Phi) is 3.03. The molecule has 0 N–H and O–H groups in total. The molecule has 0 aliphatic carbocycles. The van der Waals surface area contributed by atoms with Crippen LogP contribution in [-0.2, 0) is 6.42 Å². The van der Waals surface area contributed by atoms with Gasteiger partial charge in [-0.3, -0.25) is 0 Å². The van der Waals surface area contributed by atoms with Crippen molar-refractivity contribution in [1.82, 2.24) is 0 Å². The number of rotatable bonds is 2. The second-order valence-corrected chi connectivity index (χ2v) is 20.1. The van der Waals surface area contributed by atoms with Crippen molar-refractivity contribution < 1.29 is 0 Å². The number of hydrogen-bond acceptors (Lipinski definition) is 1. The molecule has 1 rings (SSSR count). The van der Waals surface area contributed by atoms with E-state index in [9.17, 15) is 0 Å². The van der Waals surface area contributed by atoms with Crippen molar-refractivity contribution in [2.45, 2.75) is 28.2 Å². The maximum atomic E-state index is 2.49. The summed E-state index contributed by atoms with van der Waals surface area (Å²) in [5.41, 5.74) is 1.61. The molecule has 1 aromatic rings. The van der Waals surface area contributed by atoms with Crippen molar-refractivity contribution in [3.05, 3.63) is 17.0 Å². The summed E-state index contributed by atoms with van der Waals surface area (Å²) in [6, 6.07) is 2.29. The van der Waals surface area contributed by atoms with Crippen molar-refractivity contribution in [3.8, 4) is 0 Å². The van der Waals surface area contributed by atoms with Crippen LogP contribution in [0, 0.1) is 0 Å². The molecule has 0 saturated heterocycles. The topological polar surface area (TPSA) is 0 Å². The zero-order valence-electron chi connectivity index (χ0n) is 7.77. The normalized spacial score (nSPS) is 12.0. The Morgan fingerprint density at radius 3 is 2.36 bits per heavy atom. The monoisotopic (exact) mass is 276 g/mol. The molecule has 0 spiro atoms. The molecule has 0 aliphatic rings. The van der Waals surface area contributed by atoms with E-state index in [-0.39, 0.29) is 0 Å². The zero-order chi connectivity index (χ0) is 8.48. The fraction of sp³-hybridized carbons (Fsp3) is 0.556. The minimum absolute atomic E-state index is 1.22. The molecule has 0 amide bonds. The van der Waals surface area contributed by atoms with E-state index in [0.717, 1.165) is 0 Å². The second-order valence-electron chi connectivity index (χ2n) is 3.88. The van der Waals surface area contributed by atoms with Gasteiger partial charge in [0, 0.05) is 0 Å². The molecule has 0 aromatic carbocycles. The summed E-state index contributed by atoms with van der Waals surface area (Å²) in [6.07, 6.45) is 1.22. The first-order valence-corrected chi connectivity index (χ1v) is 15.0. The molecule has 0 fully saturated rings. The van der Waals surface area contributed by atoms with E-state index < -0.39 is 18.4 Å². The van der Waals surface area contributed by atoms with Gasteiger partial charge in [-0.1, -0.05) is 0 Å². The third-order valence-corrected chi connectivity index (χ3v) is 12.5. The van der Waals surface area contributed by atoms with Crippen molar-refractivity contribution in [3.63, 3.8) is 0 Å². The third-order valence-electron chi connectivity index (χ3n) is 1.81. The molecule has 2 heteroatoms. The molecule has 0 unspecified atom stereocenters. The molecule has 1 heterocycles. The van der Waals surface area contributed by atoms with Gasteiger partial charge in [-0.05, 0) is 0 Å².